The topological polar surface area (TPSA) is 48.1 Å². The summed E-state index contributed by atoms with van der Waals surface area (Å²) in [5.74, 6) is 0.737. The van der Waals surface area contributed by atoms with E-state index in [1.807, 2.05) is 6.07 Å². The van der Waals surface area contributed by atoms with Gasteiger partial charge in [-0.1, -0.05) is 0 Å². The number of hydrogen-bond acceptors (Lipinski definition) is 4. The van der Waals surface area contributed by atoms with Gasteiger partial charge in [-0.2, -0.15) is 0 Å². The van der Waals surface area contributed by atoms with Crippen LogP contribution in [-0.4, -0.2) is 17.1 Å². The number of nitrogens with zero attached hydrogens (tertiary/aromatic N) is 1. The van der Waals surface area contributed by atoms with E-state index < -0.39 is 0 Å². The summed E-state index contributed by atoms with van der Waals surface area (Å²) in [6.45, 7) is 0. The molecule has 0 aliphatic heterocycles. The highest BCUT2D eigenvalue weighted by Crippen LogP contribution is 2.30. The monoisotopic (exact) mass is 234 g/mol. The van der Waals surface area contributed by atoms with Gasteiger partial charge in [0, 0.05) is 16.9 Å². The average Bonchev–Trinajstić information content (AvgIpc) is 2.89. The zero-order chi connectivity index (χ0) is 11.0. The lowest BCUT2D eigenvalue weighted by Crippen LogP contribution is -2.33. The van der Waals surface area contributed by atoms with Crippen LogP contribution in [0.5, 0.6) is 5.88 Å². The molecule has 3 rings (SSSR count). The first-order valence-corrected chi connectivity index (χ1v) is 6.47. The Bertz CT molecular complexity index is 496. The molecule has 1 aliphatic rings. The summed E-state index contributed by atoms with van der Waals surface area (Å²) in [5.41, 5.74) is 6.00. The lowest BCUT2D eigenvalue weighted by molar-refractivity contribution is 0.186. The molecule has 3 nitrogen and oxygen atoms in total. The van der Waals surface area contributed by atoms with Crippen LogP contribution in [0.2, 0.25) is 0 Å². The Kier molecular flexibility index (Phi) is 2.53. The van der Waals surface area contributed by atoms with Crippen molar-refractivity contribution in [1.82, 2.24) is 4.98 Å². The van der Waals surface area contributed by atoms with Crippen LogP contribution in [0.1, 0.15) is 19.3 Å². The Balaban J connectivity index is 1.91. The summed E-state index contributed by atoms with van der Waals surface area (Å²) >= 11 is 1.71. The molecule has 1 saturated carbocycles. The van der Waals surface area contributed by atoms with Crippen molar-refractivity contribution in [3.63, 3.8) is 0 Å². The lowest BCUT2D eigenvalue weighted by atomic mass is 10.2. The largest absolute Gasteiger partial charge is 0.472 e. The van der Waals surface area contributed by atoms with Crippen molar-refractivity contribution in [2.45, 2.75) is 31.4 Å². The fraction of sp³-hybridized carbons (Fsp3) is 0.417. The minimum absolute atomic E-state index is 0.137. The van der Waals surface area contributed by atoms with E-state index in [1.165, 1.54) is 4.70 Å². The van der Waals surface area contributed by atoms with Gasteiger partial charge in [-0.3, -0.25) is 0 Å². The summed E-state index contributed by atoms with van der Waals surface area (Å²) < 4.78 is 7.15. The van der Waals surface area contributed by atoms with Gasteiger partial charge in [0.05, 0.1) is 5.39 Å². The predicted molar refractivity (Wildman–Crippen MR) is 65.9 cm³/mol. The van der Waals surface area contributed by atoms with E-state index >= 15 is 0 Å². The maximum Gasteiger partial charge on any atom is 0.222 e. The summed E-state index contributed by atoms with van der Waals surface area (Å²) in [7, 11) is 0. The maximum absolute atomic E-state index is 6.00. The van der Waals surface area contributed by atoms with Crippen LogP contribution in [0.4, 0.5) is 0 Å². The molecular weight excluding hydrogens is 220 g/mol. The van der Waals surface area contributed by atoms with Gasteiger partial charge in [0.15, 0.2) is 0 Å². The lowest BCUT2D eigenvalue weighted by Gasteiger charge is -2.17. The second-order valence-electron chi connectivity index (χ2n) is 4.20. The molecule has 2 aromatic rings. The van der Waals surface area contributed by atoms with Gasteiger partial charge in [0.1, 0.15) is 6.10 Å². The normalized spacial score (nSPS) is 25.1. The van der Waals surface area contributed by atoms with Gasteiger partial charge in [-0.05, 0) is 36.8 Å². The fourth-order valence-corrected chi connectivity index (χ4v) is 2.98. The molecule has 2 atom stereocenters. The first-order valence-electron chi connectivity index (χ1n) is 5.59. The van der Waals surface area contributed by atoms with Crippen LogP contribution in [0.3, 0.4) is 0 Å². The van der Waals surface area contributed by atoms with Crippen molar-refractivity contribution in [2.75, 3.05) is 0 Å². The first-order chi connectivity index (χ1) is 7.84. The molecule has 4 heteroatoms. The Hall–Kier alpha value is -1.13. The van der Waals surface area contributed by atoms with Crippen molar-refractivity contribution < 1.29 is 4.74 Å². The van der Waals surface area contributed by atoms with Crippen LogP contribution in [0, 0.1) is 0 Å². The van der Waals surface area contributed by atoms with E-state index in [-0.39, 0.29) is 12.1 Å². The van der Waals surface area contributed by atoms with E-state index in [9.17, 15) is 0 Å². The molecule has 0 aromatic carbocycles. The zero-order valence-electron chi connectivity index (χ0n) is 8.93. The molecule has 0 amide bonds. The number of aromatic nitrogens is 1. The van der Waals surface area contributed by atoms with Crippen molar-refractivity contribution in [1.29, 1.82) is 0 Å². The molecule has 2 aromatic heterocycles. The van der Waals surface area contributed by atoms with E-state index in [2.05, 4.69) is 16.4 Å². The van der Waals surface area contributed by atoms with Gasteiger partial charge in [0.2, 0.25) is 5.88 Å². The minimum Gasteiger partial charge on any atom is -0.472 e. The first kappa shape index (κ1) is 10.1. The van der Waals surface area contributed by atoms with Crippen molar-refractivity contribution >= 4 is 21.4 Å². The molecule has 84 valence electrons. The van der Waals surface area contributed by atoms with Gasteiger partial charge < -0.3 is 10.5 Å². The van der Waals surface area contributed by atoms with Gasteiger partial charge >= 0.3 is 0 Å². The molecular formula is C12H14N2OS. The Morgan fingerprint density at radius 2 is 2.31 bits per heavy atom. The molecule has 0 radical (unpaired) electrons. The van der Waals surface area contributed by atoms with Gasteiger partial charge in [-0.25, -0.2) is 4.98 Å². The highest BCUT2D eigenvalue weighted by molar-refractivity contribution is 7.17. The number of rotatable bonds is 2. The summed E-state index contributed by atoms with van der Waals surface area (Å²) in [4.78, 5) is 4.31. The number of ether oxygens (including phenoxy) is 1. The van der Waals surface area contributed by atoms with Crippen LogP contribution in [0.15, 0.2) is 23.7 Å². The molecule has 1 fully saturated rings. The molecule has 0 saturated heterocycles. The third kappa shape index (κ3) is 1.68. The predicted octanol–water partition coefficient (Wildman–Crippen LogP) is 2.55. The van der Waals surface area contributed by atoms with Crippen LogP contribution < -0.4 is 10.5 Å². The maximum atomic E-state index is 6.00. The second kappa shape index (κ2) is 4.03. The number of hydrogen-bond donors (Lipinski definition) is 1. The highest BCUT2D eigenvalue weighted by Gasteiger charge is 2.26. The molecule has 1 aliphatic carbocycles. The average molecular weight is 234 g/mol. The molecule has 2 N–H and O–H groups in total. The zero-order valence-corrected chi connectivity index (χ0v) is 9.74. The smallest absolute Gasteiger partial charge is 0.222 e. The highest BCUT2D eigenvalue weighted by atomic mass is 32.1. The van der Waals surface area contributed by atoms with Crippen molar-refractivity contribution in [3.05, 3.63) is 23.7 Å². The van der Waals surface area contributed by atoms with Gasteiger partial charge in [0.25, 0.3) is 0 Å². The van der Waals surface area contributed by atoms with E-state index in [1.54, 1.807) is 17.5 Å². The fourth-order valence-electron chi connectivity index (χ4n) is 2.21. The summed E-state index contributed by atoms with van der Waals surface area (Å²) in [6.07, 6.45) is 5.20. The molecule has 16 heavy (non-hydrogen) atoms. The molecule has 0 bridgehead atoms. The quantitative estimate of drug-likeness (QED) is 0.868. The number of nitrogens with two attached hydrogens (primary N) is 1. The van der Waals surface area contributed by atoms with E-state index in [0.717, 1.165) is 30.5 Å². The van der Waals surface area contributed by atoms with E-state index in [0.29, 0.717) is 0 Å². The Morgan fingerprint density at radius 1 is 1.38 bits per heavy atom. The Morgan fingerprint density at radius 3 is 3.12 bits per heavy atom. The summed E-state index contributed by atoms with van der Waals surface area (Å²) in [5, 5.41) is 3.17. The number of thiophene rings is 1. The second-order valence-corrected chi connectivity index (χ2v) is 5.15. The van der Waals surface area contributed by atoms with E-state index in [4.69, 9.17) is 10.5 Å². The van der Waals surface area contributed by atoms with Crippen molar-refractivity contribution in [3.8, 4) is 5.88 Å². The minimum atomic E-state index is 0.137. The molecule has 0 spiro atoms. The number of pyridine rings is 1. The van der Waals surface area contributed by atoms with Crippen LogP contribution in [0.25, 0.3) is 10.1 Å². The van der Waals surface area contributed by atoms with Crippen molar-refractivity contribution in [2.24, 2.45) is 5.73 Å². The standard InChI is InChI=1S/C12H14N2OS/c13-9-2-1-3-10(9)15-12-8-5-7-16-11(8)4-6-14-12/h4-7,9-10H,1-3,13H2. The number of fused-ring (bicyclic) bond motifs is 1. The Labute approximate surface area is 98.2 Å². The van der Waals surface area contributed by atoms with Crippen LogP contribution >= 0.6 is 11.3 Å². The SMILES string of the molecule is NC1CCCC1Oc1nccc2sccc12. The van der Waals surface area contributed by atoms with Crippen LogP contribution in [-0.2, 0) is 0 Å². The third-order valence-corrected chi connectivity index (χ3v) is 3.99. The molecule has 2 unspecified atom stereocenters. The molecule has 2 heterocycles. The van der Waals surface area contributed by atoms with Gasteiger partial charge in [-0.15, -0.1) is 11.3 Å². The summed E-state index contributed by atoms with van der Waals surface area (Å²) in [6, 6.07) is 4.24. The third-order valence-electron chi connectivity index (χ3n) is 3.11.